The lowest BCUT2D eigenvalue weighted by molar-refractivity contribution is 0.0988. The van der Waals surface area contributed by atoms with Crippen molar-refractivity contribution >= 4 is 40.2 Å². The number of ether oxygens (including phenoxy) is 1. The standard InChI is InChI=1S/C22H23N5O3/c1-2-19(28)15-7-9-16(10-8-15)23-22(29)26-21-24-18-6-4-3-5-17(18)20(25-21)27-11-13-30-14-12-27/h3-10H,2,11-14H2,1H3,(H2,23,24,25,26,29). The number of anilines is 3. The zero-order chi connectivity index (χ0) is 20.9. The third kappa shape index (κ3) is 4.38. The van der Waals surface area contributed by atoms with Gasteiger partial charge in [0.2, 0.25) is 5.95 Å². The molecule has 1 aliphatic rings. The van der Waals surface area contributed by atoms with E-state index >= 15 is 0 Å². The lowest BCUT2D eigenvalue weighted by Gasteiger charge is -2.28. The second-order valence-corrected chi connectivity index (χ2v) is 6.92. The van der Waals surface area contributed by atoms with Crippen LogP contribution < -0.4 is 15.5 Å². The van der Waals surface area contributed by atoms with E-state index in [1.165, 1.54) is 0 Å². The van der Waals surface area contributed by atoms with Crippen molar-refractivity contribution in [3.05, 3.63) is 54.1 Å². The fourth-order valence-electron chi connectivity index (χ4n) is 3.34. The van der Waals surface area contributed by atoms with Crippen LogP contribution >= 0.6 is 0 Å². The van der Waals surface area contributed by atoms with E-state index in [0.717, 1.165) is 29.8 Å². The molecule has 1 fully saturated rings. The third-order valence-electron chi connectivity index (χ3n) is 4.90. The molecule has 0 spiro atoms. The molecule has 30 heavy (non-hydrogen) atoms. The topological polar surface area (TPSA) is 96.5 Å². The molecule has 2 heterocycles. The van der Waals surface area contributed by atoms with Gasteiger partial charge < -0.3 is 15.0 Å². The van der Waals surface area contributed by atoms with E-state index in [2.05, 4.69) is 25.5 Å². The SMILES string of the molecule is CCC(=O)c1ccc(NC(=O)Nc2nc(N3CCOCC3)c3ccccc3n2)cc1. The predicted octanol–water partition coefficient (Wildman–Crippen LogP) is 3.70. The van der Waals surface area contributed by atoms with Crippen LogP contribution in [0.5, 0.6) is 0 Å². The van der Waals surface area contributed by atoms with Crippen LogP contribution in [0.4, 0.5) is 22.2 Å². The minimum atomic E-state index is -0.451. The number of fused-ring (bicyclic) bond motifs is 1. The lowest BCUT2D eigenvalue weighted by Crippen LogP contribution is -2.37. The van der Waals surface area contributed by atoms with Gasteiger partial charge in [0.05, 0.1) is 18.7 Å². The molecular formula is C22H23N5O3. The summed E-state index contributed by atoms with van der Waals surface area (Å²) < 4.78 is 5.44. The first kappa shape index (κ1) is 19.8. The number of hydrogen-bond donors (Lipinski definition) is 2. The summed E-state index contributed by atoms with van der Waals surface area (Å²) in [5, 5.41) is 6.39. The number of carbonyl (C=O) groups is 2. The van der Waals surface area contributed by atoms with Crippen LogP contribution in [0.3, 0.4) is 0 Å². The molecule has 0 unspecified atom stereocenters. The highest BCUT2D eigenvalue weighted by Crippen LogP contribution is 2.26. The lowest BCUT2D eigenvalue weighted by atomic mass is 10.1. The molecule has 3 aromatic rings. The van der Waals surface area contributed by atoms with Gasteiger partial charge in [-0.1, -0.05) is 19.1 Å². The molecule has 0 atom stereocenters. The molecule has 154 valence electrons. The predicted molar refractivity (Wildman–Crippen MR) is 116 cm³/mol. The van der Waals surface area contributed by atoms with Crippen LogP contribution in [0.1, 0.15) is 23.7 Å². The fourth-order valence-corrected chi connectivity index (χ4v) is 3.34. The second kappa shape index (κ2) is 8.87. The Kier molecular flexibility index (Phi) is 5.85. The van der Waals surface area contributed by atoms with Crippen LogP contribution in [0.15, 0.2) is 48.5 Å². The first-order valence-corrected chi connectivity index (χ1v) is 9.95. The number of nitrogens with zero attached hydrogens (tertiary/aromatic N) is 3. The summed E-state index contributed by atoms with van der Waals surface area (Å²) in [6.07, 6.45) is 0.442. The van der Waals surface area contributed by atoms with Gasteiger partial charge in [0.1, 0.15) is 5.82 Å². The molecule has 4 rings (SSSR count). The molecule has 2 amide bonds. The van der Waals surface area contributed by atoms with Crippen molar-refractivity contribution in [1.29, 1.82) is 0 Å². The van der Waals surface area contributed by atoms with Gasteiger partial charge in [0, 0.05) is 36.1 Å². The number of nitrogens with one attached hydrogen (secondary N) is 2. The maximum Gasteiger partial charge on any atom is 0.326 e. The van der Waals surface area contributed by atoms with E-state index in [-0.39, 0.29) is 11.7 Å². The van der Waals surface area contributed by atoms with Crippen molar-refractivity contribution in [2.24, 2.45) is 0 Å². The fraction of sp³-hybridized carbons (Fsp3) is 0.273. The Labute approximate surface area is 174 Å². The summed E-state index contributed by atoms with van der Waals surface area (Å²) in [6.45, 7) is 4.55. The Morgan fingerprint density at radius 2 is 1.73 bits per heavy atom. The summed E-state index contributed by atoms with van der Waals surface area (Å²) in [7, 11) is 0. The highest BCUT2D eigenvalue weighted by Gasteiger charge is 2.18. The quantitative estimate of drug-likeness (QED) is 0.628. The number of urea groups is 1. The van der Waals surface area contributed by atoms with E-state index in [1.807, 2.05) is 31.2 Å². The van der Waals surface area contributed by atoms with Gasteiger partial charge >= 0.3 is 6.03 Å². The number of para-hydroxylation sites is 1. The van der Waals surface area contributed by atoms with Crippen LogP contribution in [0.2, 0.25) is 0 Å². The Morgan fingerprint density at radius 3 is 2.47 bits per heavy atom. The number of amides is 2. The molecular weight excluding hydrogens is 382 g/mol. The van der Waals surface area contributed by atoms with E-state index in [9.17, 15) is 9.59 Å². The first-order valence-electron chi connectivity index (χ1n) is 9.95. The van der Waals surface area contributed by atoms with Crippen molar-refractivity contribution in [3.63, 3.8) is 0 Å². The average molecular weight is 405 g/mol. The number of morpholine rings is 1. The van der Waals surface area contributed by atoms with E-state index in [1.54, 1.807) is 24.3 Å². The van der Waals surface area contributed by atoms with Gasteiger partial charge in [-0.25, -0.2) is 9.78 Å². The molecule has 0 saturated carbocycles. The van der Waals surface area contributed by atoms with Crippen molar-refractivity contribution < 1.29 is 14.3 Å². The van der Waals surface area contributed by atoms with Gasteiger partial charge in [0.25, 0.3) is 0 Å². The van der Waals surface area contributed by atoms with Gasteiger partial charge in [-0.15, -0.1) is 0 Å². The first-order chi connectivity index (χ1) is 14.6. The molecule has 1 saturated heterocycles. The summed E-state index contributed by atoms with van der Waals surface area (Å²) >= 11 is 0. The summed E-state index contributed by atoms with van der Waals surface area (Å²) in [4.78, 5) is 35.4. The molecule has 2 aromatic carbocycles. The minimum absolute atomic E-state index is 0.0613. The van der Waals surface area contributed by atoms with Gasteiger partial charge in [-0.2, -0.15) is 4.98 Å². The normalized spacial score (nSPS) is 13.8. The molecule has 8 nitrogen and oxygen atoms in total. The smallest absolute Gasteiger partial charge is 0.326 e. The Hall–Kier alpha value is -3.52. The number of benzene rings is 2. The largest absolute Gasteiger partial charge is 0.378 e. The van der Waals surface area contributed by atoms with Gasteiger partial charge in [-0.3, -0.25) is 10.1 Å². The number of hydrogen-bond acceptors (Lipinski definition) is 6. The van der Waals surface area contributed by atoms with Crippen molar-refractivity contribution in [2.45, 2.75) is 13.3 Å². The van der Waals surface area contributed by atoms with Crippen molar-refractivity contribution in [3.8, 4) is 0 Å². The van der Waals surface area contributed by atoms with Crippen LogP contribution in [-0.4, -0.2) is 48.1 Å². The molecule has 0 aliphatic carbocycles. The maximum absolute atomic E-state index is 12.5. The Bertz CT molecular complexity index is 1060. The van der Waals surface area contributed by atoms with Gasteiger partial charge in [-0.05, 0) is 36.4 Å². The third-order valence-corrected chi connectivity index (χ3v) is 4.90. The average Bonchev–Trinajstić information content (AvgIpc) is 2.79. The van der Waals surface area contributed by atoms with Crippen LogP contribution in [0, 0.1) is 0 Å². The Balaban J connectivity index is 1.53. The number of carbonyl (C=O) groups excluding carboxylic acids is 2. The molecule has 0 bridgehead atoms. The zero-order valence-electron chi connectivity index (χ0n) is 16.7. The molecule has 1 aromatic heterocycles. The van der Waals surface area contributed by atoms with Gasteiger partial charge in [0.15, 0.2) is 5.78 Å². The Morgan fingerprint density at radius 1 is 1.00 bits per heavy atom. The zero-order valence-corrected chi connectivity index (χ0v) is 16.7. The summed E-state index contributed by atoms with van der Waals surface area (Å²) in [5.74, 6) is 1.07. The van der Waals surface area contributed by atoms with Crippen LogP contribution in [0.25, 0.3) is 10.9 Å². The summed E-state index contributed by atoms with van der Waals surface area (Å²) in [6, 6.07) is 14.1. The highest BCUT2D eigenvalue weighted by atomic mass is 16.5. The highest BCUT2D eigenvalue weighted by molar-refractivity contribution is 6.01. The number of ketones is 1. The molecule has 8 heteroatoms. The van der Waals surface area contributed by atoms with Crippen molar-refractivity contribution in [2.75, 3.05) is 41.8 Å². The molecule has 0 radical (unpaired) electrons. The van der Waals surface area contributed by atoms with E-state index < -0.39 is 6.03 Å². The number of aromatic nitrogens is 2. The number of rotatable bonds is 5. The minimum Gasteiger partial charge on any atom is -0.378 e. The van der Waals surface area contributed by atoms with E-state index in [4.69, 9.17) is 4.74 Å². The molecule has 2 N–H and O–H groups in total. The summed E-state index contributed by atoms with van der Waals surface area (Å²) in [5.41, 5.74) is 1.96. The number of Topliss-reactive ketones (excluding diaryl/α,β-unsaturated/α-hetero) is 1. The van der Waals surface area contributed by atoms with E-state index in [0.29, 0.717) is 30.9 Å². The maximum atomic E-state index is 12.5. The second-order valence-electron chi connectivity index (χ2n) is 6.92. The van der Waals surface area contributed by atoms with Crippen LogP contribution in [-0.2, 0) is 4.74 Å². The molecule has 1 aliphatic heterocycles. The monoisotopic (exact) mass is 405 g/mol. The van der Waals surface area contributed by atoms with Crippen molar-refractivity contribution in [1.82, 2.24) is 9.97 Å².